The van der Waals surface area contributed by atoms with Crippen LogP contribution in [0.1, 0.15) is 44.9 Å². The van der Waals surface area contributed by atoms with Crippen molar-refractivity contribution in [2.24, 2.45) is 29.4 Å². The Balaban J connectivity index is 1.50. The van der Waals surface area contributed by atoms with Crippen molar-refractivity contribution >= 4 is 0 Å². The van der Waals surface area contributed by atoms with E-state index >= 15 is 0 Å². The summed E-state index contributed by atoms with van der Waals surface area (Å²) in [4.78, 5) is 0. The quantitative estimate of drug-likeness (QED) is 0.798. The summed E-state index contributed by atoms with van der Waals surface area (Å²) < 4.78 is 5.55. The Hall–Kier alpha value is -0.0800. The van der Waals surface area contributed by atoms with Gasteiger partial charge in [-0.05, 0) is 62.2 Å². The van der Waals surface area contributed by atoms with Gasteiger partial charge >= 0.3 is 0 Å². The maximum atomic E-state index is 6.38. The third kappa shape index (κ3) is 2.14. The van der Waals surface area contributed by atoms with Gasteiger partial charge in [0.05, 0.1) is 6.61 Å². The van der Waals surface area contributed by atoms with Crippen LogP contribution in [0.15, 0.2) is 0 Å². The number of hydrogen-bond donors (Lipinski definition) is 1. The molecule has 3 aliphatic rings. The van der Waals surface area contributed by atoms with Gasteiger partial charge in [0.1, 0.15) is 0 Å². The molecule has 2 saturated carbocycles. The van der Waals surface area contributed by atoms with Crippen molar-refractivity contribution in [3.8, 4) is 0 Å². The highest BCUT2D eigenvalue weighted by atomic mass is 16.5. The highest BCUT2D eigenvalue weighted by molar-refractivity contribution is 4.92. The number of ether oxygens (including phenoxy) is 1. The van der Waals surface area contributed by atoms with Crippen LogP contribution in [0, 0.1) is 23.7 Å². The number of rotatable bonds is 3. The monoisotopic (exact) mass is 223 g/mol. The van der Waals surface area contributed by atoms with Gasteiger partial charge in [-0.1, -0.05) is 6.42 Å². The first-order valence-corrected chi connectivity index (χ1v) is 7.16. The molecule has 2 heteroatoms. The molecule has 0 aromatic heterocycles. The molecule has 3 rings (SSSR count). The van der Waals surface area contributed by atoms with E-state index in [1.54, 1.807) is 0 Å². The molecule has 92 valence electrons. The maximum absolute atomic E-state index is 6.38. The summed E-state index contributed by atoms with van der Waals surface area (Å²) in [7, 11) is 0. The normalized spacial score (nSPS) is 44.8. The second-order valence-corrected chi connectivity index (χ2v) is 6.31. The van der Waals surface area contributed by atoms with Crippen LogP contribution < -0.4 is 5.73 Å². The topological polar surface area (TPSA) is 35.2 Å². The first-order chi connectivity index (χ1) is 7.83. The van der Waals surface area contributed by atoms with Crippen molar-refractivity contribution in [2.45, 2.75) is 51.0 Å². The molecular weight excluding hydrogens is 198 g/mol. The van der Waals surface area contributed by atoms with E-state index in [-0.39, 0.29) is 0 Å². The summed E-state index contributed by atoms with van der Waals surface area (Å²) in [5.41, 5.74) is 6.38. The summed E-state index contributed by atoms with van der Waals surface area (Å²) in [6.07, 6.45) is 9.77. The standard InChI is InChI=1S/C14H25NO/c15-14(12-2-1-5-16-9-12)8-13-7-10-3-4-11(13)6-10/h10-14H,1-9,15H2. The minimum absolute atomic E-state index is 0.407. The molecular formula is C14H25NO. The second kappa shape index (κ2) is 4.66. The largest absolute Gasteiger partial charge is 0.381 e. The Kier molecular flexibility index (Phi) is 3.21. The molecule has 1 aliphatic heterocycles. The first kappa shape index (κ1) is 11.0. The average Bonchev–Trinajstić information content (AvgIpc) is 2.92. The van der Waals surface area contributed by atoms with Gasteiger partial charge in [0.2, 0.25) is 0 Å². The number of hydrogen-bond acceptors (Lipinski definition) is 2. The Bertz CT molecular complexity index is 237. The zero-order valence-electron chi connectivity index (χ0n) is 10.2. The van der Waals surface area contributed by atoms with Crippen LogP contribution in [0.25, 0.3) is 0 Å². The van der Waals surface area contributed by atoms with Crippen molar-refractivity contribution in [3.63, 3.8) is 0 Å². The maximum Gasteiger partial charge on any atom is 0.0509 e. The van der Waals surface area contributed by atoms with Crippen molar-refractivity contribution < 1.29 is 4.74 Å². The molecule has 3 fully saturated rings. The van der Waals surface area contributed by atoms with Gasteiger partial charge in [-0.25, -0.2) is 0 Å². The second-order valence-electron chi connectivity index (χ2n) is 6.31. The molecule has 0 aromatic rings. The van der Waals surface area contributed by atoms with Crippen LogP contribution in [0.4, 0.5) is 0 Å². The Labute approximate surface area is 98.9 Å². The predicted molar refractivity (Wildman–Crippen MR) is 65.1 cm³/mol. The SMILES string of the molecule is NC(CC1CC2CCC1C2)C1CCCOC1. The summed E-state index contributed by atoms with van der Waals surface area (Å²) >= 11 is 0. The predicted octanol–water partition coefficient (Wildman–Crippen LogP) is 2.57. The Morgan fingerprint density at radius 2 is 2.12 bits per heavy atom. The molecule has 2 N–H and O–H groups in total. The lowest BCUT2D eigenvalue weighted by Crippen LogP contribution is -2.38. The molecule has 2 nitrogen and oxygen atoms in total. The molecule has 5 atom stereocenters. The zero-order valence-corrected chi connectivity index (χ0v) is 10.2. The fourth-order valence-corrected chi connectivity index (χ4v) is 4.31. The van der Waals surface area contributed by atoms with Gasteiger partial charge in [0.25, 0.3) is 0 Å². The first-order valence-electron chi connectivity index (χ1n) is 7.16. The molecule has 1 saturated heterocycles. The lowest BCUT2D eigenvalue weighted by atomic mass is 9.80. The van der Waals surface area contributed by atoms with Crippen LogP contribution in [0.5, 0.6) is 0 Å². The molecule has 2 bridgehead atoms. The van der Waals surface area contributed by atoms with Gasteiger partial charge in [0.15, 0.2) is 0 Å². The van der Waals surface area contributed by atoms with E-state index < -0.39 is 0 Å². The van der Waals surface area contributed by atoms with E-state index in [1.165, 1.54) is 44.9 Å². The number of nitrogens with two attached hydrogens (primary N) is 1. The van der Waals surface area contributed by atoms with Gasteiger partial charge in [-0.15, -0.1) is 0 Å². The van der Waals surface area contributed by atoms with Crippen molar-refractivity contribution in [1.29, 1.82) is 0 Å². The summed E-state index contributed by atoms with van der Waals surface area (Å²) in [6.45, 7) is 1.87. The van der Waals surface area contributed by atoms with Crippen LogP contribution in [0.3, 0.4) is 0 Å². The summed E-state index contributed by atoms with van der Waals surface area (Å²) in [5.74, 6) is 3.69. The fraction of sp³-hybridized carbons (Fsp3) is 1.00. The van der Waals surface area contributed by atoms with Crippen LogP contribution in [0.2, 0.25) is 0 Å². The smallest absolute Gasteiger partial charge is 0.0509 e. The van der Waals surface area contributed by atoms with Gasteiger partial charge < -0.3 is 10.5 Å². The molecule has 16 heavy (non-hydrogen) atoms. The molecule has 0 radical (unpaired) electrons. The van der Waals surface area contributed by atoms with Gasteiger partial charge in [0, 0.05) is 12.6 Å². The van der Waals surface area contributed by atoms with E-state index in [1.807, 2.05) is 0 Å². The Morgan fingerprint density at radius 3 is 2.75 bits per heavy atom. The Morgan fingerprint density at radius 1 is 1.19 bits per heavy atom. The third-order valence-electron chi connectivity index (χ3n) is 5.26. The van der Waals surface area contributed by atoms with E-state index in [0.717, 1.165) is 31.0 Å². The lowest BCUT2D eigenvalue weighted by Gasteiger charge is -2.31. The van der Waals surface area contributed by atoms with Crippen LogP contribution in [-0.2, 0) is 4.74 Å². The molecule has 2 aliphatic carbocycles. The fourth-order valence-electron chi connectivity index (χ4n) is 4.31. The summed E-state index contributed by atoms with van der Waals surface area (Å²) in [6, 6.07) is 0.407. The van der Waals surface area contributed by atoms with Gasteiger partial charge in [-0.2, -0.15) is 0 Å². The minimum Gasteiger partial charge on any atom is -0.381 e. The zero-order chi connectivity index (χ0) is 11.0. The third-order valence-corrected chi connectivity index (χ3v) is 5.26. The minimum atomic E-state index is 0.407. The van der Waals surface area contributed by atoms with E-state index in [0.29, 0.717) is 12.0 Å². The lowest BCUT2D eigenvalue weighted by molar-refractivity contribution is 0.0400. The van der Waals surface area contributed by atoms with Gasteiger partial charge in [-0.3, -0.25) is 0 Å². The summed E-state index contributed by atoms with van der Waals surface area (Å²) in [5, 5.41) is 0. The van der Waals surface area contributed by atoms with E-state index in [4.69, 9.17) is 10.5 Å². The highest BCUT2D eigenvalue weighted by Crippen LogP contribution is 2.50. The highest BCUT2D eigenvalue weighted by Gasteiger charge is 2.40. The van der Waals surface area contributed by atoms with Crippen LogP contribution in [-0.4, -0.2) is 19.3 Å². The molecule has 5 unspecified atom stereocenters. The molecule has 1 heterocycles. The average molecular weight is 223 g/mol. The van der Waals surface area contributed by atoms with E-state index in [9.17, 15) is 0 Å². The van der Waals surface area contributed by atoms with Crippen LogP contribution >= 0.6 is 0 Å². The molecule has 0 amide bonds. The number of fused-ring (bicyclic) bond motifs is 2. The van der Waals surface area contributed by atoms with Crippen molar-refractivity contribution in [2.75, 3.05) is 13.2 Å². The van der Waals surface area contributed by atoms with Crippen molar-refractivity contribution in [1.82, 2.24) is 0 Å². The van der Waals surface area contributed by atoms with Crippen molar-refractivity contribution in [3.05, 3.63) is 0 Å². The molecule has 0 spiro atoms. The molecule has 0 aromatic carbocycles. The van der Waals surface area contributed by atoms with E-state index in [2.05, 4.69) is 0 Å².